The molecule has 1 N–H and O–H groups in total. The SMILES string of the molecule is CC[C@H](C)NC(=O)[C@@H](Cc1ccccc1)N(Cc1ccc(F)cc1)C(=O)CCCN(c1ccc(OC)cc1)S(C)(=O)=O. The smallest absolute Gasteiger partial charge is 0.243 e. The molecule has 3 aromatic rings. The van der Waals surface area contributed by atoms with Gasteiger partial charge in [0.25, 0.3) is 0 Å². The van der Waals surface area contributed by atoms with E-state index in [-0.39, 0.29) is 50.2 Å². The summed E-state index contributed by atoms with van der Waals surface area (Å²) < 4.78 is 45.3. The highest BCUT2D eigenvalue weighted by Gasteiger charge is 2.31. The molecule has 8 nitrogen and oxygen atoms in total. The maximum Gasteiger partial charge on any atom is 0.243 e. The van der Waals surface area contributed by atoms with Crippen molar-refractivity contribution in [1.82, 2.24) is 10.2 Å². The van der Waals surface area contributed by atoms with Crippen molar-refractivity contribution in [1.29, 1.82) is 0 Å². The number of carbonyl (C=O) groups is 2. The summed E-state index contributed by atoms with van der Waals surface area (Å²) in [5.41, 5.74) is 2.03. The molecule has 0 aliphatic heterocycles. The van der Waals surface area contributed by atoms with Gasteiger partial charge in [-0.3, -0.25) is 13.9 Å². The van der Waals surface area contributed by atoms with Crippen LogP contribution in [0.2, 0.25) is 0 Å². The van der Waals surface area contributed by atoms with E-state index in [0.29, 0.717) is 17.0 Å². The molecular weight excluding hydrogens is 557 g/mol. The first-order valence-electron chi connectivity index (χ1n) is 14.0. The van der Waals surface area contributed by atoms with Crippen LogP contribution in [-0.4, -0.2) is 57.1 Å². The average molecular weight is 598 g/mol. The normalized spacial score (nSPS) is 12.7. The van der Waals surface area contributed by atoms with Crippen LogP contribution < -0.4 is 14.4 Å². The van der Waals surface area contributed by atoms with Crippen molar-refractivity contribution in [3.8, 4) is 5.75 Å². The summed E-state index contributed by atoms with van der Waals surface area (Å²) in [7, 11) is -2.10. The van der Waals surface area contributed by atoms with Gasteiger partial charge in [-0.1, -0.05) is 49.4 Å². The Morgan fingerprint density at radius 2 is 1.60 bits per heavy atom. The van der Waals surface area contributed by atoms with Crippen LogP contribution in [-0.2, 0) is 32.6 Å². The van der Waals surface area contributed by atoms with Crippen molar-refractivity contribution < 1.29 is 27.1 Å². The minimum atomic E-state index is -3.63. The molecule has 3 rings (SSSR count). The molecular formula is C32H40FN3O5S. The third kappa shape index (κ3) is 9.58. The Bertz CT molecular complexity index is 1400. The van der Waals surface area contributed by atoms with E-state index in [1.165, 1.54) is 28.4 Å². The summed E-state index contributed by atoms with van der Waals surface area (Å²) in [5.74, 6) is -0.382. The lowest BCUT2D eigenvalue weighted by Crippen LogP contribution is -2.52. The lowest BCUT2D eigenvalue weighted by molar-refractivity contribution is -0.141. The number of methoxy groups -OCH3 is 1. The monoisotopic (exact) mass is 597 g/mol. The van der Waals surface area contributed by atoms with Crippen LogP contribution in [0.3, 0.4) is 0 Å². The number of amides is 2. The van der Waals surface area contributed by atoms with E-state index in [0.717, 1.165) is 18.2 Å². The fraction of sp³-hybridized carbons (Fsp3) is 0.375. The molecule has 0 unspecified atom stereocenters. The molecule has 10 heteroatoms. The number of benzene rings is 3. The number of anilines is 1. The van der Waals surface area contributed by atoms with Gasteiger partial charge in [-0.2, -0.15) is 0 Å². The molecule has 3 aromatic carbocycles. The van der Waals surface area contributed by atoms with E-state index in [4.69, 9.17) is 4.74 Å². The van der Waals surface area contributed by atoms with Crippen LogP contribution in [0.5, 0.6) is 5.75 Å². The molecule has 2 atom stereocenters. The molecule has 0 bridgehead atoms. The zero-order valence-corrected chi connectivity index (χ0v) is 25.4. The summed E-state index contributed by atoms with van der Waals surface area (Å²) in [4.78, 5) is 29.0. The van der Waals surface area contributed by atoms with Gasteiger partial charge in [-0.05, 0) is 67.3 Å². The minimum Gasteiger partial charge on any atom is -0.497 e. The van der Waals surface area contributed by atoms with Crippen molar-refractivity contribution in [3.05, 3.63) is 95.8 Å². The van der Waals surface area contributed by atoms with Crippen LogP contribution in [0.1, 0.15) is 44.2 Å². The Morgan fingerprint density at radius 3 is 2.17 bits per heavy atom. The minimum absolute atomic E-state index is 0.00523. The van der Waals surface area contributed by atoms with Gasteiger partial charge in [0.1, 0.15) is 17.6 Å². The van der Waals surface area contributed by atoms with Gasteiger partial charge in [0.15, 0.2) is 0 Å². The summed E-state index contributed by atoms with van der Waals surface area (Å²) in [5, 5.41) is 3.01. The summed E-state index contributed by atoms with van der Waals surface area (Å²) in [6.45, 7) is 4.04. The van der Waals surface area contributed by atoms with Gasteiger partial charge in [-0.15, -0.1) is 0 Å². The molecule has 0 saturated heterocycles. The highest BCUT2D eigenvalue weighted by molar-refractivity contribution is 7.92. The largest absolute Gasteiger partial charge is 0.497 e. The molecule has 0 fully saturated rings. The van der Waals surface area contributed by atoms with Crippen LogP contribution in [0.15, 0.2) is 78.9 Å². The molecule has 0 aliphatic carbocycles. The van der Waals surface area contributed by atoms with E-state index in [9.17, 15) is 22.4 Å². The van der Waals surface area contributed by atoms with Gasteiger partial charge < -0.3 is 15.0 Å². The third-order valence-corrected chi connectivity index (χ3v) is 8.24. The average Bonchev–Trinajstić information content (AvgIpc) is 2.97. The van der Waals surface area contributed by atoms with Gasteiger partial charge in [-0.25, -0.2) is 12.8 Å². The fourth-order valence-electron chi connectivity index (χ4n) is 4.53. The Hall–Kier alpha value is -3.92. The zero-order valence-electron chi connectivity index (χ0n) is 24.6. The predicted molar refractivity (Wildman–Crippen MR) is 163 cm³/mol. The second-order valence-electron chi connectivity index (χ2n) is 10.3. The summed E-state index contributed by atoms with van der Waals surface area (Å²) in [6, 6.07) is 21.0. The van der Waals surface area contributed by atoms with Crippen molar-refractivity contribution in [2.24, 2.45) is 0 Å². The fourth-order valence-corrected chi connectivity index (χ4v) is 5.50. The van der Waals surface area contributed by atoms with Crippen LogP contribution in [0, 0.1) is 5.82 Å². The summed E-state index contributed by atoms with van der Waals surface area (Å²) >= 11 is 0. The maximum atomic E-state index is 13.8. The van der Waals surface area contributed by atoms with E-state index < -0.39 is 21.9 Å². The van der Waals surface area contributed by atoms with Crippen LogP contribution >= 0.6 is 0 Å². The third-order valence-electron chi connectivity index (χ3n) is 7.05. The van der Waals surface area contributed by atoms with E-state index in [1.807, 2.05) is 44.2 Å². The number of hydrogen-bond acceptors (Lipinski definition) is 5. The van der Waals surface area contributed by atoms with Crippen molar-refractivity contribution in [2.45, 2.75) is 58.2 Å². The Kier molecular flexibility index (Phi) is 11.9. The predicted octanol–water partition coefficient (Wildman–Crippen LogP) is 4.94. The quantitative estimate of drug-likeness (QED) is 0.268. The number of hydrogen-bond donors (Lipinski definition) is 1. The molecule has 226 valence electrons. The number of sulfonamides is 1. The molecule has 0 saturated carbocycles. The topological polar surface area (TPSA) is 96.0 Å². The lowest BCUT2D eigenvalue weighted by Gasteiger charge is -2.32. The first kappa shape index (κ1) is 32.6. The zero-order chi connectivity index (χ0) is 30.7. The molecule has 2 amide bonds. The van der Waals surface area contributed by atoms with Gasteiger partial charge in [0.05, 0.1) is 19.1 Å². The maximum absolute atomic E-state index is 13.8. The molecule has 42 heavy (non-hydrogen) atoms. The number of ether oxygens (including phenoxy) is 1. The Balaban J connectivity index is 1.87. The number of rotatable bonds is 15. The number of halogens is 1. The van der Waals surface area contributed by atoms with Crippen molar-refractivity contribution in [2.75, 3.05) is 24.2 Å². The van der Waals surface area contributed by atoms with Crippen LogP contribution in [0.25, 0.3) is 0 Å². The van der Waals surface area contributed by atoms with E-state index in [2.05, 4.69) is 5.32 Å². The number of nitrogens with one attached hydrogen (secondary N) is 1. The van der Waals surface area contributed by atoms with Gasteiger partial charge >= 0.3 is 0 Å². The summed E-state index contributed by atoms with van der Waals surface area (Å²) in [6.07, 6.45) is 2.36. The van der Waals surface area contributed by atoms with Crippen molar-refractivity contribution in [3.63, 3.8) is 0 Å². The Labute approximate surface area is 248 Å². The molecule has 0 spiro atoms. The number of nitrogens with zero attached hydrogens (tertiary/aromatic N) is 2. The molecule has 0 aromatic heterocycles. The van der Waals surface area contributed by atoms with Crippen LogP contribution in [0.4, 0.5) is 10.1 Å². The second kappa shape index (κ2) is 15.3. The van der Waals surface area contributed by atoms with E-state index in [1.54, 1.807) is 36.4 Å². The molecule has 0 heterocycles. The van der Waals surface area contributed by atoms with Crippen molar-refractivity contribution >= 4 is 27.5 Å². The molecule has 0 aliphatic rings. The van der Waals surface area contributed by atoms with Gasteiger partial charge in [0.2, 0.25) is 21.8 Å². The lowest BCUT2D eigenvalue weighted by atomic mass is 10.0. The Morgan fingerprint density at radius 1 is 0.952 bits per heavy atom. The highest BCUT2D eigenvalue weighted by atomic mass is 32.2. The van der Waals surface area contributed by atoms with Gasteiger partial charge in [0, 0.05) is 32.0 Å². The highest BCUT2D eigenvalue weighted by Crippen LogP contribution is 2.23. The first-order valence-corrected chi connectivity index (χ1v) is 15.9. The standard InChI is InChI=1S/C32H40FN3O5S/c1-5-24(2)34-32(38)30(22-25-10-7-6-8-11-25)35(23-26-13-15-27(33)16-14-26)31(37)12-9-21-36(42(4,39)40)28-17-19-29(41-3)20-18-28/h6-8,10-11,13-20,24,30H,5,9,12,21-23H2,1-4H3,(H,34,38)/t24-,30+/m0/s1. The van der Waals surface area contributed by atoms with E-state index >= 15 is 0 Å². The first-order chi connectivity index (χ1) is 20.0. The molecule has 0 radical (unpaired) electrons. The number of carbonyl (C=O) groups excluding carboxylic acids is 2. The second-order valence-corrected chi connectivity index (χ2v) is 12.2.